The molecule has 0 aliphatic carbocycles. The zero-order valence-electron chi connectivity index (χ0n) is 19.2. The van der Waals surface area contributed by atoms with Gasteiger partial charge in [-0.05, 0) is 62.7 Å². The molecular weight excluding hydrogens is 425 g/mol. The fourth-order valence-electron chi connectivity index (χ4n) is 3.58. The Bertz CT molecular complexity index is 1050. The summed E-state index contributed by atoms with van der Waals surface area (Å²) < 4.78 is 15.3. The highest BCUT2D eigenvalue weighted by atomic mass is 32.2. The van der Waals surface area contributed by atoms with Crippen molar-refractivity contribution in [3.8, 4) is 11.4 Å². The number of carbonyl (C=O) groups excluding carboxylic acids is 1. The Labute approximate surface area is 193 Å². The highest BCUT2D eigenvalue weighted by Gasteiger charge is 2.22. The minimum absolute atomic E-state index is 0.0487. The molecule has 3 rings (SSSR count). The molecule has 0 spiro atoms. The summed E-state index contributed by atoms with van der Waals surface area (Å²) >= 11 is 1.37. The maximum atomic E-state index is 13.4. The van der Waals surface area contributed by atoms with Crippen molar-refractivity contribution in [3.05, 3.63) is 59.9 Å². The molecule has 3 aromatic rings. The van der Waals surface area contributed by atoms with E-state index in [-0.39, 0.29) is 17.0 Å². The van der Waals surface area contributed by atoms with E-state index < -0.39 is 0 Å². The number of halogens is 1. The van der Waals surface area contributed by atoms with Gasteiger partial charge >= 0.3 is 0 Å². The van der Waals surface area contributed by atoms with E-state index in [4.69, 9.17) is 0 Å². The van der Waals surface area contributed by atoms with Crippen LogP contribution in [0, 0.1) is 5.82 Å². The average Bonchev–Trinajstić information content (AvgIpc) is 3.14. The zero-order valence-corrected chi connectivity index (χ0v) is 20.1. The first-order valence-corrected chi connectivity index (χ1v) is 11.6. The Kier molecular flexibility index (Phi) is 7.90. The number of anilines is 1. The summed E-state index contributed by atoms with van der Waals surface area (Å²) in [5.74, 6) is 0.404. The molecule has 0 radical (unpaired) electrons. The first kappa shape index (κ1) is 23.8. The fourth-order valence-corrected chi connectivity index (χ4v) is 4.51. The van der Waals surface area contributed by atoms with Crippen LogP contribution < -0.4 is 4.90 Å². The van der Waals surface area contributed by atoms with Crippen LogP contribution in [0.5, 0.6) is 0 Å². The van der Waals surface area contributed by atoms with Crippen molar-refractivity contribution in [2.24, 2.45) is 7.05 Å². The van der Waals surface area contributed by atoms with Crippen LogP contribution in [0.3, 0.4) is 0 Å². The van der Waals surface area contributed by atoms with Crippen molar-refractivity contribution in [1.29, 1.82) is 0 Å². The monoisotopic (exact) mass is 455 g/mol. The summed E-state index contributed by atoms with van der Waals surface area (Å²) in [4.78, 5) is 16.7. The maximum Gasteiger partial charge on any atom is 0.235 e. The molecule has 1 amide bonds. The third-order valence-corrected chi connectivity index (χ3v) is 6.53. The lowest BCUT2D eigenvalue weighted by Gasteiger charge is -2.21. The molecule has 0 saturated carbocycles. The average molecular weight is 456 g/mol. The molecule has 170 valence electrons. The largest absolute Gasteiger partial charge is 0.372 e. The molecule has 6 nitrogen and oxygen atoms in total. The molecule has 0 N–H and O–H groups in total. The summed E-state index contributed by atoms with van der Waals surface area (Å²) in [5.41, 5.74) is 2.91. The quantitative estimate of drug-likeness (QED) is 0.441. The van der Waals surface area contributed by atoms with Gasteiger partial charge in [-0.15, -0.1) is 10.2 Å². The zero-order chi connectivity index (χ0) is 23.3. The van der Waals surface area contributed by atoms with Crippen LogP contribution in [0.4, 0.5) is 10.1 Å². The number of carbonyl (C=O) groups is 1. The smallest absolute Gasteiger partial charge is 0.235 e. The molecular formula is C24H30FN5OS. The summed E-state index contributed by atoms with van der Waals surface area (Å²) in [6.45, 7) is 8.40. The molecule has 1 aromatic heterocycles. The van der Waals surface area contributed by atoms with Crippen LogP contribution in [0.25, 0.3) is 11.4 Å². The van der Waals surface area contributed by atoms with Gasteiger partial charge in [0.2, 0.25) is 5.91 Å². The van der Waals surface area contributed by atoms with Crippen molar-refractivity contribution < 1.29 is 9.18 Å². The van der Waals surface area contributed by atoms with Gasteiger partial charge in [-0.2, -0.15) is 0 Å². The van der Waals surface area contributed by atoms with E-state index in [0.29, 0.717) is 11.7 Å². The van der Waals surface area contributed by atoms with E-state index in [1.54, 1.807) is 18.0 Å². The van der Waals surface area contributed by atoms with Gasteiger partial charge in [-0.1, -0.05) is 23.9 Å². The van der Waals surface area contributed by atoms with Crippen molar-refractivity contribution in [1.82, 2.24) is 19.7 Å². The highest BCUT2D eigenvalue weighted by Crippen LogP contribution is 2.28. The second-order valence-corrected chi connectivity index (χ2v) is 8.98. The van der Waals surface area contributed by atoms with E-state index in [0.717, 1.165) is 30.0 Å². The molecule has 0 aliphatic heterocycles. The number of nitrogens with zero attached hydrogens (tertiary/aromatic N) is 5. The van der Waals surface area contributed by atoms with Gasteiger partial charge in [-0.25, -0.2) is 4.39 Å². The number of benzene rings is 2. The summed E-state index contributed by atoms with van der Waals surface area (Å²) in [7, 11) is 3.63. The number of thioether (sulfide) groups is 1. The van der Waals surface area contributed by atoms with E-state index in [1.165, 1.54) is 29.6 Å². The fraction of sp³-hybridized carbons (Fsp3) is 0.375. The van der Waals surface area contributed by atoms with Gasteiger partial charge in [0.15, 0.2) is 11.0 Å². The number of hydrogen-bond acceptors (Lipinski definition) is 5. The molecule has 8 heteroatoms. The molecule has 0 saturated heterocycles. The van der Waals surface area contributed by atoms with Crippen molar-refractivity contribution in [2.75, 3.05) is 25.0 Å². The number of hydrogen-bond donors (Lipinski definition) is 0. The molecule has 2 aromatic carbocycles. The van der Waals surface area contributed by atoms with Crippen LogP contribution in [0.1, 0.15) is 26.3 Å². The first-order chi connectivity index (χ1) is 15.3. The van der Waals surface area contributed by atoms with Crippen molar-refractivity contribution in [3.63, 3.8) is 0 Å². The Hall–Kier alpha value is -2.87. The lowest BCUT2D eigenvalue weighted by molar-refractivity contribution is -0.129. The van der Waals surface area contributed by atoms with Crippen LogP contribution >= 0.6 is 11.8 Å². The Morgan fingerprint density at radius 2 is 1.81 bits per heavy atom. The Balaban J connectivity index is 1.67. The molecule has 1 unspecified atom stereocenters. The Morgan fingerprint density at radius 3 is 2.44 bits per heavy atom. The predicted octanol–water partition coefficient (Wildman–Crippen LogP) is 4.61. The van der Waals surface area contributed by atoms with Gasteiger partial charge in [0.05, 0.1) is 5.25 Å². The highest BCUT2D eigenvalue weighted by molar-refractivity contribution is 8.00. The third kappa shape index (κ3) is 5.48. The van der Waals surface area contributed by atoms with E-state index in [2.05, 4.69) is 41.1 Å². The second kappa shape index (κ2) is 10.6. The van der Waals surface area contributed by atoms with Crippen LogP contribution in [-0.4, -0.2) is 51.0 Å². The SMILES string of the molecule is CCN(CC)c1ccc(-c2nnc(SC(C)C(=O)N(C)Cc3cccc(F)c3)n2C)cc1. The molecule has 0 fully saturated rings. The number of aromatic nitrogens is 3. The molecule has 0 aliphatic rings. The molecule has 0 bridgehead atoms. The maximum absolute atomic E-state index is 13.4. The topological polar surface area (TPSA) is 54.3 Å². The first-order valence-electron chi connectivity index (χ1n) is 10.7. The Morgan fingerprint density at radius 1 is 1.12 bits per heavy atom. The van der Waals surface area contributed by atoms with E-state index in [9.17, 15) is 9.18 Å². The van der Waals surface area contributed by atoms with Crippen molar-refractivity contribution in [2.45, 2.75) is 37.7 Å². The number of amides is 1. The van der Waals surface area contributed by atoms with E-state index in [1.807, 2.05) is 36.7 Å². The van der Waals surface area contributed by atoms with E-state index >= 15 is 0 Å². The molecule has 32 heavy (non-hydrogen) atoms. The summed E-state index contributed by atoms with van der Waals surface area (Å²) in [5, 5.41) is 8.97. The standard InChI is InChI=1S/C24H30FN5OS/c1-6-30(7-2)21-13-11-19(12-14-21)22-26-27-24(29(22)5)32-17(3)23(31)28(4)16-18-9-8-10-20(25)15-18/h8-15,17H,6-7,16H2,1-5H3. The van der Waals surface area contributed by atoms with Gasteiger partial charge in [0.25, 0.3) is 0 Å². The van der Waals surface area contributed by atoms with Gasteiger partial charge in [0.1, 0.15) is 5.82 Å². The van der Waals surface area contributed by atoms with Gasteiger partial charge in [-0.3, -0.25) is 4.79 Å². The third-order valence-electron chi connectivity index (χ3n) is 5.40. The number of rotatable bonds is 9. The predicted molar refractivity (Wildman–Crippen MR) is 128 cm³/mol. The molecule has 1 heterocycles. The van der Waals surface area contributed by atoms with Gasteiger partial charge < -0.3 is 14.4 Å². The summed E-state index contributed by atoms with van der Waals surface area (Å²) in [6.07, 6.45) is 0. The minimum atomic E-state index is -0.352. The van der Waals surface area contributed by atoms with Gasteiger partial charge in [0, 0.05) is 45.0 Å². The van der Waals surface area contributed by atoms with Crippen molar-refractivity contribution >= 4 is 23.4 Å². The normalized spacial score (nSPS) is 11.9. The van der Waals surface area contributed by atoms with Crippen LogP contribution in [-0.2, 0) is 18.4 Å². The van der Waals surface area contributed by atoms with Crippen LogP contribution in [0.2, 0.25) is 0 Å². The summed E-state index contributed by atoms with van der Waals surface area (Å²) in [6, 6.07) is 14.6. The molecule has 1 atom stereocenters. The lowest BCUT2D eigenvalue weighted by Crippen LogP contribution is -2.33. The minimum Gasteiger partial charge on any atom is -0.372 e. The second-order valence-electron chi connectivity index (χ2n) is 7.67. The van der Waals surface area contributed by atoms with Crippen LogP contribution in [0.15, 0.2) is 53.7 Å². The lowest BCUT2D eigenvalue weighted by atomic mass is 10.2.